The number of benzene rings is 1. The Labute approximate surface area is 122 Å². The Morgan fingerprint density at radius 1 is 1.05 bits per heavy atom. The van der Waals surface area contributed by atoms with Crippen LogP contribution in [-0.4, -0.2) is 20.6 Å². The van der Waals surface area contributed by atoms with Crippen LogP contribution < -0.4 is 4.72 Å². The maximum Gasteiger partial charge on any atom is 0.391 e. The molecule has 1 aromatic carbocycles. The highest BCUT2D eigenvalue weighted by Crippen LogP contribution is 2.37. The molecule has 1 N–H and O–H groups in total. The molecule has 0 aliphatic heterocycles. The van der Waals surface area contributed by atoms with Crippen LogP contribution >= 0.6 is 0 Å². The minimum atomic E-state index is -4.18. The molecular weight excluding hydrogens is 303 g/mol. The molecule has 2 rings (SSSR count). The first-order chi connectivity index (χ1) is 9.68. The van der Waals surface area contributed by atoms with Gasteiger partial charge in [0.2, 0.25) is 10.0 Å². The lowest BCUT2D eigenvalue weighted by atomic mass is 9.86. The van der Waals surface area contributed by atoms with Crippen molar-refractivity contribution < 1.29 is 21.6 Å². The molecule has 0 unspecified atom stereocenters. The Morgan fingerprint density at radius 2 is 1.57 bits per heavy atom. The van der Waals surface area contributed by atoms with Gasteiger partial charge in [-0.05, 0) is 44.7 Å². The van der Waals surface area contributed by atoms with E-state index in [1.165, 1.54) is 12.1 Å². The van der Waals surface area contributed by atoms with Gasteiger partial charge in [-0.2, -0.15) is 13.2 Å². The lowest BCUT2D eigenvalue weighted by Crippen LogP contribution is -2.39. The third-order valence-corrected chi connectivity index (χ3v) is 5.38. The number of sulfonamides is 1. The van der Waals surface area contributed by atoms with Crippen molar-refractivity contribution >= 4 is 10.0 Å². The molecule has 0 bridgehead atoms. The van der Waals surface area contributed by atoms with Crippen molar-refractivity contribution in [2.75, 3.05) is 0 Å². The van der Waals surface area contributed by atoms with Gasteiger partial charge in [0.1, 0.15) is 0 Å². The van der Waals surface area contributed by atoms with Gasteiger partial charge in [0.15, 0.2) is 0 Å². The smallest absolute Gasteiger partial charge is 0.208 e. The second-order valence-electron chi connectivity index (χ2n) is 5.52. The molecular formula is C14H18F3NO2S. The van der Waals surface area contributed by atoms with Crippen LogP contribution in [0, 0.1) is 12.8 Å². The summed E-state index contributed by atoms with van der Waals surface area (Å²) in [6.45, 7) is 1.85. The minimum Gasteiger partial charge on any atom is -0.208 e. The molecule has 0 amide bonds. The largest absolute Gasteiger partial charge is 0.391 e. The normalized spacial score (nSPS) is 24.0. The fourth-order valence-corrected chi connectivity index (χ4v) is 3.85. The van der Waals surface area contributed by atoms with Crippen molar-refractivity contribution in [3.8, 4) is 0 Å². The maximum atomic E-state index is 12.6. The van der Waals surface area contributed by atoms with Crippen molar-refractivity contribution in [3.63, 3.8) is 0 Å². The first kappa shape index (κ1) is 16.3. The Bertz CT molecular complexity index is 573. The molecule has 118 valence electrons. The summed E-state index contributed by atoms with van der Waals surface area (Å²) in [5, 5.41) is 0. The monoisotopic (exact) mass is 321 g/mol. The molecule has 3 nitrogen and oxygen atoms in total. The van der Waals surface area contributed by atoms with E-state index in [0.717, 1.165) is 5.56 Å². The highest BCUT2D eigenvalue weighted by molar-refractivity contribution is 7.89. The third-order valence-electron chi connectivity index (χ3n) is 3.84. The number of hydrogen-bond acceptors (Lipinski definition) is 2. The summed E-state index contributed by atoms with van der Waals surface area (Å²) in [5.74, 6) is -1.31. The number of rotatable bonds is 3. The fraction of sp³-hybridized carbons (Fsp3) is 0.571. The first-order valence-electron chi connectivity index (χ1n) is 6.84. The van der Waals surface area contributed by atoms with Crippen molar-refractivity contribution in [1.82, 2.24) is 4.72 Å². The lowest BCUT2D eigenvalue weighted by Gasteiger charge is -2.30. The average molecular weight is 321 g/mol. The second-order valence-corrected chi connectivity index (χ2v) is 7.24. The van der Waals surface area contributed by atoms with Gasteiger partial charge < -0.3 is 0 Å². The van der Waals surface area contributed by atoms with Crippen LogP contribution in [0.15, 0.2) is 29.2 Å². The molecule has 0 saturated heterocycles. The number of halogens is 3. The van der Waals surface area contributed by atoms with Gasteiger partial charge in [0.05, 0.1) is 10.8 Å². The zero-order valence-corrected chi connectivity index (χ0v) is 12.5. The summed E-state index contributed by atoms with van der Waals surface area (Å²) in [6.07, 6.45) is -3.79. The van der Waals surface area contributed by atoms with Crippen LogP contribution in [0.1, 0.15) is 31.2 Å². The van der Waals surface area contributed by atoms with E-state index in [1.807, 2.05) is 6.92 Å². The number of nitrogens with one attached hydrogen (secondary N) is 1. The zero-order chi connectivity index (χ0) is 15.7. The molecule has 0 spiro atoms. The minimum absolute atomic E-state index is 0.0232. The van der Waals surface area contributed by atoms with Gasteiger partial charge in [-0.15, -0.1) is 0 Å². The van der Waals surface area contributed by atoms with Gasteiger partial charge in [-0.3, -0.25) is 0 Å². The first-order valence-corrected chi connectivity index (χ1v) is 8.32. The predicted molar refractivity (Wildman–Crippen MR) is 73.3 cm³/mol. The Morgan fingerprint density at radius 3 is 2.05 bits per heavy atom. The summed E-state index contributed by atoms with van der Waals surface area (Å²) in [7, 11) is -3.66. The van der Waals surface area contributed by atoms with E-state index in [-0.39, 0.29) is 30.6 Å². The summed E-state index contributed by atoms with van der Waals surface area (Å²) in [5.41, 5.74) is 0.944. The SMILES string of the molecule is Cc1ccc(S(=O)(=O)NC2CCC(C(F)(F)F)CC2)cc1. The van der Waals surface area contributed by atoms with Gasteiger partial charge in [-0.1, -0.05) is 17.7 Å². The summed E-state index contributed by atoms with van der Waals surface area (Å²) >= 11 is 0. The van der Waals surface area contributed by atoms with Crippen LogP contribution in [0.4, 0.5) is 13.2 Å². The molecule has 1 saturated carbocycles. The highest BCUT2D eigenvalue weighted by Gasteiger charge is 2.41. The van der Waals surface area contributed by atoms with Crippen LogP contribution in [0.3, 0.4) is 0 Å². The Balaban J connectivity index is 1.98. The molecule has 1 fully saturated rings. The molecule has 0 heterocycles. The van der Waals surface area contributed by atoms with E-state index in [2.05, 4.69) is 4.72 Å². The quantitative estimate of drug-likeness (QED) is 0.927. The molecule has 1 aliphatic carbocycles. The van der Waals surface area contributed by atoms with E-state index in [9.17, 15) is 21.6 Å². The van der Waals surface area contributed by atoms with Crippen molar-refractivity contribution in [2.24, 2.45) is 5.92 Å². The van der Waals surface area contributed by atoms with Crippen molar-refractivity contribution in [3.05, 3.63) is 29.8 Å². The summed E-state index contributed by atoms with van der Waals surface area (Å²) in [6, 6.07) is 5.96. The highest BCUT2D eigenvalue weighted by atomic mass is 32.2. The fourth-order valence-electron chi connectivity index (χ4n) is 2.54. The topological polar surface area (TPSA) is 46.2 Å². The molecule has 0 atom stereocenters. The van der Waals surface area contributed by atoms with Crippen LogP contribution in [-0.2, 0) is 10.0 Å². The van der Waals surface area contributed by atoms with E-state index in [0.29, 0.717) is 0 Å². The summed E-state index contributed by atoms with van der Waals surface area (Å²) < 4.78 is 64.5. The zero-order valence-electron chi connectivity index (χ0n) is 11.7. The third kappa shape index (κ3) is 4.20. The van der Waals surface area contributed by atoms with Crippen molar-refractivity contribution in [1.29, 1.82) is 0 Å². The molecule has 1 aromatic rings. The summed E-state index contributed by atoms with van der Waals surface area (Å²) in [4.78, 5) is 0.144. The molecule has 7 heteroatoms. The Hall–Kier alpha value is -1.08. The van der Waals surface area contributed by atoms with Gasteiger partial charge in [0, 0.05) is 6.04 Å². The molecule has 0 radical (unpaired) electrons. The van der Waals surface area contributed by atoms with E-state index in [1.54, 1.807) is 12.1 Å². The number of hydrogen-bond donors (Lipinski definition) is 1. The van der Waals surface area contributed by atoms with E-state index in [4.69, 9.17) is 0 Å². The molecule has 0 aromatic heterocycles. The molecule has 21 heavy (non-hydrogen) atoms. The van der Waals surface area contributed by atoms with Gasteiger partial charge in [-0.25, -0.2) is 13.1 Å². The second kappa shape index (κ2) is 5.96. The van der Waals surface area contributed by atoms with Crippen molar-refractivity contribution in [2.45, 2.75) is 49.7 Å². The van der Waals surface area contributed by atoms with Crippen LogP contribution in [0.25, 0.3) is 0 Å². The van der Waals surface area contributed by atoms with Crippen LogP contribution in [0.2, 0.25) is 0 Å². The maximum absolute atomic E-state index is 12.6. The van der Waals surface area contributed by atoms with Gasteiger partial charge >= 0.3 is 6.18 Å². The number of alkyl halides is 3. The molecule has 1 aliphatic rings. The number of aryl methyl sites for hydroxylation is 1. The van der Waals surface area contributed by atoms with E-state index < -0.39 is 28.2 Å². The van der Waals surface area contributed by atoms with E-state index >= 15 is 0 Å². The average Bonchev–Trinajstić information content (AvgIpc) is 2.38. The van der Waals surface area contributed by atoms with Crippen LogP contribution in [0.5, 0.6) is 0 Å². The lowest BCUT2D eigenvalue weighted by molar-refractivity contribution is -0.182. The predicted octanol–water partition coefficient (Wildman–Crippen LogP) is 3.39. The Kier molecular flexibility index (Phi) is 4.63. The van der Waals surface area contributed by atoms with Gasteiger partial charge in [0.25, 0.3) is 0 Å². The standard InChI is InChI=1S/C14H18F3NO2S/c1-10-2-8-13(9-3-10)21(19,20)18-12-6-4-11(5-7-12)14(15,16)17/h2-3,8-9,11-12,18H,4-7H2,1H3.